The lowest BCUT2D eigenvalue weighted by molar-refractivity contribution is -0.137. The van der Waals surface area contributed by atoms with Gasteiger partial charge in [-0.3, -0.25) is 4.68 Å². The highest BCUT2D eigenvalue weighted by atomic mass is 19.4. The monoisotopic (exact) mass is 391 g/mol. The largest absolute Gasteiger partial charge is 0.416 e. The Morgan fingerprint density at radius 2 is 1.61 bits per heavy atom. The van der Waals surface area contributed by atoms with Crippen molar-refractivity contribution in [2.45, 2.75) is 6.18 Å². The topological polar surface area (TPSA) is 76.1 Å². The first-order chi connectivity index (χ1) is 13.2. The molecule has 0 atom stereocenters. The van der Waals surface area contributed by atoms with E-state index >= 15 is 0 Å². The molecule has 0 saturated carbocycles. The number of nitrogen functional groups attached to an aromatic ring is 1. The number of halogens is 3. The molecule has 2 aromatic heterocycles. The Morgan fingerprint density at radius 3 is 2.21 bits per heavy atom. The van der Waals surface area contributed by atoms with E-state index in [2.05, 4.69) is 31.9 Å². The third-order valence-corrected chi connectivity index (χ3v) is 5.00. The van der Waals surface area contributed by atoms with Crippen molar-refractivity contribution in [3.05, 3.63) is 29.8 Å². The molecule has 1 aromatic carbocycles. The first-order valence-corrected chi connectivity index (χ1v) is 8.85. The van der Waals surface area contributed by atoms with Crippen LogP contribution in [0, 0.1) is 0 Å². The SMILES string of the molecule is CN1CCN(c2nc(-c3ccc(C(F)(F)F)cc3)c3c(N)n(C)nc3n2)CC1. The maximum atomic E-state index is 12.9. The van der Waals surface area contributed by atoms with Gasteiger partial charge in [-0.05, 0) is 19.2 Å². The predicted molar refractivity (Wildman–Crippen MR) is 101 cm³/mol. The number of benzene rings is 1. The Balaban J connectivity index is 1.83. The van der Waals surface area contributed by atoms with E-state index in [-0.39, 0.29) is 0 Å². The van der Waals surface area contributed by atoms with Crippen LogP contribution >= 0.6 is 0 Å². The minimum atomic E-state index is -4.39. The molecule has 1 fully saturated rings. The molecule has 0 bridgehead atoms. The maximum absolute atomic E-state index is 12.9. The second kappa shape index (κ2) is 6.62. The lowest BCUT2D eigenvalue weighted by Gasteiger charge is -2.32. The third-order valence-electron chi connectivity index (χ3n) is 5.00. The van der Waals surface area contributed by atoms with E-state index in [4.69, 9.17) is 5.73 Å². The van der Waals surface area contributed by atoms with Crippen LogP contribution < -0.4 is 10.6 Å². The number of hydrogen-bond acceptors (Lipinski definition) is 6. The molecule has 0 spiro atoms. The molecule has 0 aliphatic carbocycles. The summed E-state index contributed by atoms with van der Waals surface area (Å²) in [7, 11) is 3.75. The van der Waals surface area contributed by atoms with Gasteiger partial charge in [0.05, 0.1) is 16.6 Å². The maximum Gasteiger partial charge on any atom is 0.416 e. The van der Waals surface area contributed by atoms with E-state index in [1.54, 1.807) is 7.05 Å². The molecule has 3 heterocycles. The number of piperazine rings is 1. The van der Waals surface area contributed by atoms with Gasteiger partial charge >= 0.3 is 6.18 Å². The van der Waals surface area contributed by atoms with Crippen LogP contribution in [0.1, 0.15) is 5.56 Å². The van der Waals surface area contributed by atoms with Crippen LogP contribution in [0.2, 0.25) is 0 Å². The number of aromatic nitrogens is 4. The molecule has 1 aliphatic heterocycles. The lowest BCUT2D eigenvalue weighted by Crippen LogP contribution is -2.45. The van der Waals surface area contributed by atoms with Crippen LogP contribution in [-0.4, -0.2) is 57.9 Å². The number of aryl methyl sites for hydroxylation is 1. The van der Waals surface area contributed by atoms with Crippen molar-refractivity contribution in [2.24, 2.45) is 7.05 Å². The molecule has 10 heteroatoms. The first-order valence-electron chi connectivity index (χ1n) is 8.85. The number of likely N-dealkylation sites (N-methyl/N-ethyl adjacent to an activating group) is 1. The highest BCUT2D eigenvalue weighted by molar-refractivity contribution is 5.98. The Bertz CT molecular complexity index is 1000. The van der Waals surface area contributed by atoms with Gasteiger partial charge in [-0.25, -0.2) is 4.98 Å². The Kier molecular flexibility index (Phi) is 4.37. The number of anilines is 2. The molecule has 2 N–H and O–H groups in total. The van der Waals surface area contributed by atoms with Gasteiger partial charge in [0.15, 0.2) is 5.65 Å². The molecule has 1 aliphatic rings. The summed E-state index contributed by atoms with van der Waals surface area (Å²) in [6.07, 6.45) is -4.39. The van der Waals surface area contributed by atoms with Gasteiger partial charge in [-0.15, -0.1) is 0 Å². The summed E-state index contributed by atoms with van der Waals surface area (Å²) in [6.45, 7) is 3.27. The van der Waals surface area contributed by atoms with Gasteiger partial charge in [-0.2, -0.15) is 23.3 Å². The average Bonchev–Trinajstić information content (AvgIpc) is 2.95. The van der Waals surface area contributed by atoms with Crippen LogP contribution in [0.5, 0.6) is 0 Å². The van der Waals surface area contributed by atoms with E-state index in [0.29, 0.717) is 34.1 Å². The van der Waals surface area contributed by atoms with Crippen molar-refractivity contribution in [3.63, 3.8) is 0 Å². The van der Waals surface area contributed by atoms with Crippen molar-refractivity contribution in [1.29, 1.82) is 0 Å². The first kappa shape index (κ1) is 18.5. The molecule has 1 saturated heterocycles. The number of hydrogen-bond donors (Lipinski definition) is 1. The number of fused-ring (bicyclic) bond motifs is 1. The summed E-state index contributed by atoms with van der Waals surface area (Å²) < 4.78 is 40.2. The lowest BCUT2D eigenvalue weighted by atomic mass is 10.1. The van der Waals surface area contributed by atoms with Crippen LogP contribution in [0.15, 0.2) is 24.3 Å². The Labute approximate surface area is 159 Å². The standard InChI is InChI=1S/C18H20F3N7/c1-26-7-9-28(10-8-26)17-23-14(13-15(22)27(2)25-16(13)24-17)11-3-5-12(6-4-11)18(19,20)21/h3-6H,7-10,22H2,1-2H3. The second-order valence-electron chi connectivity index (χ2n) is 6.95. The molecule has 148 valence electrons. The van der Waals surface area contributed by atoms with Crippen molar-refractivity contribution < 1.29 is 13.2 Å². The molecule has 0 amide bonds. The fourth-order valence-electron chi connectivity index (χ4n) is 3.28. The van der Waals surface area contributed by atoms with Crippen LogP contribution in [0.3, 0.4) is 0 Å². The molecule has 28 heavy (non-hydrogen) atoms. The number of nitrogens with zero attached hydrogens (tertiary/aromatic N) is 6. The summed E-state index contributed by atoms with van der Waals surface area (Å²) in [6, 6.07) is 4.91. The van der Waals surface area contributed by atoms with Crippen molar-refractivity contribution >= 4 is 22.8 Å². The van der Waals surface area contributed by atoms with E-state index in [0.717, 1.165) is 38.3 Å². The molecule has 7 nitrogen and oxygen atoms in total. The predicted octanol–water partition coefficient (Wildman–Crippen LogP) is 2.38. The Morgan fingerprint density at radius 1 is 0.964 bits per heavy atom. The van der Waals surface area contributed by atoms with E-state index in [1.165, 1.54) is 16.8 Å². The van der Waals surface area contributed by atoms with Crippen LogP contribution in [-0.2, 0) is 13.2 Å². The number of rotatable bonds is 2. The zero-order chi connectivity index (χ0) is 20.1. The summed E-state index contributed by atoms with van der Waals surface area (Å²) in [5.41, 5.74) is 6.89. The van der Waals surface area contributed by atoms with Gasteiger partial charge in [-0.1, -0.05) is 12.1 Å². The Hall–Kier alpha value is -2.88. The fourth-order valence-corrected chi connectivity index (χ4v) is 3.28. The normalized spacial score (nSPS) is 16.1. The minimum Gasteiger partial charge on any atom is -0.383 e. The highest BCUT2D eigenvalue weighted by Gasteiger charge is 2.30. The number of alkyl halides is 3. The molecule has 0 radical (unpaired) electrons. The minimum absolute atomic E-state index is 0.370. The third kappa shape index (κ3) is 3.24. The zero-order valence-corrected chi connectivity index (χ0v) is 15.5. The molecule has 0 unspecified atom stereocenters. The van der Waals surface area contributed by atoms with Gasteiger partial charge in [0.25, 0.3) is 0 Å². The summed E-state index contributed by atoms with van der Waals surface area (Å²) >= 11 is 0. The molecule has 3 aromatic rings. The van der Waals surface area contributed by atoms with Gasteiger partial charge in [0, 0.05) is 38.8 Å². The van der Waals surface area contributed by atoms with Crippen molar-refractivity contribution in [2.75, 3.05) is 43.9 Å². The highest BCUT2D eigenvalue weighted by Crippen LogP contribution is 2.34. The van der Waals surface area contributed by atoms with Gasteiger partial charge in [0.2, 0.25) is 5.95 Å². The molecular weight excluding hydrogens is 371 g/mol. The molecular formula is C18H20F3N7. The zero-order valence-electron chi connectivity index (χ0n) is 15.5. The van der Waals surface area contributed by atoms with Gasteiger partial charge < -0.3 is 15.5 Å². The van der Waals surface area contributed by atoms with Crippen LogP contribution in [0.4, 0.5) is 24.9 Å². The van der Waals surface area contributed by atoms with E-state index in [9.17, 15) is 13.2 Å². The summed E-state index contributed by atoms with van der Waals surface area (Å²) in [5, 5.41) is 4.89. The molecule has 4 rings (SSSR count). The van der Waals surface area contributed by atoms with Crippen LogP contribution in [0.25, 0.3) is 22.3 Å². The fraction of sp³-hybridized carbons (Fsp3) is 0.389. The second-order valence-corrected chi connectivity index (χ2v) is 6.95. The number of nitrogens with two attached hydrogens (primary N) is 1. The quantitative estimate of drug-likeness (QED) is 0.723. The van der Waals surface area contributed by atoms with Crippen molar-refractivity contribution in [3.8, 4) is 11.3 Å². The van der Waals surface area contributed by atoms with Gasteiger partial charge in [0.1, 0.15) is 5.82 Å². The summed E-state index contributed by atoms with van der Waals surface area (Å²) in [4.78, 5) is 13.5. The van der Waals surface area contributed by atoms with E-state index in [1.807, 2.05) is 0 Å². The van der Waals surface area contributed by atoms with Crippen molar-refractivity contribution in [1.82, 2.24) is 24.6 Å². The summed E-state index contributed by atoms with van der Waals surface area (Å²) in [5.74, 6) is 0.878. The average molecular weight is 391 g/mol. The smallest absolute Gasteiger partial charge is 0.383 e. The van der Waals surface area contributed by atoms with E-state index < -0.39 is 11.7 Å².